The maximum atomic E-state index is 11.8. The Morgan fingerprint density at radius 3 is 2.64 bits per heavy atom. The molecule has 1 aromatic carbocycles. The van der Waals surface area contributed by atoms with Crippen LogP contribution in [0, 0.1) is 0 Å². The number of aliphatic hydroxyl groups is 1. The maximum Gasteiger partial charge on any atom is 0.223 e. The van der Waals surface area contributed by atoms with E-state index >= 15 is 0 Å². The largest absolute Gasteiger partial charge is 0.388 e. The number of carbonyl (C=O) groups excluding carboxylic acids is 1. The monoisotopic (exact) mass is 322 g/mol. The molecule has 0 saturated heterocycles. The van der Waals surface area contributed by atoms with Gasteiger partial charge in [0, 0.05) is 11.1 Å². The average Bonchev–Trinajstić information content (AvgIpc) is 2.95. The summed E-state index contributed by atoms with van der Waals surface area (Å²) in [7, 11) is 0. The van der Waals surface area contributed by atoms with E-state index in [-0.39, 0.29) is 24.8 Å². The van der Waals surface area contributed by atoms with E-state index in [0.717, 1.165) is 5.69 Å². The average molecular weight is 323 g/mol. The lowest BCUT2D eigenvalue weighted by molar-refractivity contribution is -0.123. The van der Waals surface area contributed by atoms with Crippen molar-refractivity contribution in [2.24, 2.45) is 0 Å². The Labute approximate surface area is 134 Å². The molecule has 0 aliphatic rings. The zero-order valence-electron chi connectivity index (χ0n) is 12.5. The maximum absolute atomic E-state index is 11.8. The number of hydrogen-bond acceptors (Lipinski definition) is 4. The molecule has 0 aliphatic heterocycles. The fourth-order valence-electron chi connectivity index (χ4n) is 1.92. The fraction of sp³-hybridized carbons (Fsp3) is 0.375. The lowest BCUT2D eigenvalue weighted by atomic mass is 10.1. The van der Waals surface area contributed by atoms with Crippen LogP contribution < -0.4 is 5.32 Å². The molecular formula is C16H19ClN2O3. The van der Waals surface area contributed by atoms with Gasteiger partial charge in [-0.1, -0.05) is 42.7 Å². The highest BCUT2D eigenvalue weighted by Crippen LogP contribution is 2.19. The van der Waals surface area contributed by atoms with Crippen LogP contribution in [0.5, 0.6) is 0 Å². The van der Waals surface area contributed by atoms with Gasteiger partial charge in [-0.15, -0.1) is 0 Å². The number of hydrogen-bond donors (Lipinski definition) is 2. The topological polar surface area (TPSA) is 75.4 Å². The first kappa shape index (κ1) is 16.5. The van der Waals surface area contributed by atoms with E-state index in [1.807, 2.05) is 19.9 Å². The number of halogens is 1. The van der Waals surface area contributed by atoms with E-state index in [2.05, 4.69) is 10.5 Å². The van der Waals surface area contributed by atoms with E-state index < -0.39 is 6.10 Å². The Hall–Kier alpha value is -1.85. The fourth-order valence-corrected chi connectivity index (χ4v) is 2.05. The van der Waals surface area contributed by atoms with Gasteiger partial charge >= 0.3 is 0 Å². The second-order valence-corrected chi connectivity index (χ2v) is 5.86. The van der Waals surface area contributed by atoms with Crippen molar-refractivity contribution in [2.75, 3.05) is 0 Å². The van der Waals surface area contributed by atoms with Crippen molar-refractivity contribution in [3.05, 3.63) is 52.4 Å². The lowest BCUT2D eigenvalue weighted by Crippen LogP contribution is -2.24. The summed E-state index contributed by atoms with van der Waals surface area (Å²) < 4.78 is 5.14. The Bertz CT molecular complexity index is 623. The SMILES string of the molecule is CC(C)c1cc(CNC(=O)CC(O)c2ccc(Cl)cc2)on1. The second kappa shape index (κ2) is 7.42. The lowest BCUT2D eigenvalue weighted by Gasteiger charge is -2.10. The number of aromatic nitrogens is 1. The first-order valence-electron chi connectivity index (χ1n) is 7.11. The van der Waals surface area contributed by atoms with Crippen molar-refractivity contribution in [1.29, 1.82) is 0 Å². The van der Waals surface area contributed by atoms with Crippen molar-refractivity contribution < 1.29 is 14.4 Å². The molecule has 0 radical (unpaired) electrons. The summed E-state index contributed by atoms with van der Waals surface area (Å²) in [4.78, 5) is 11.8. The van der Waals surface area contributed by atoms with Gasteiger partial charge in [0.1, 0.15) is 0 Å². The summed E-state index contributed by atoms with van der Waals surface area (Å²) in [6.45, 7) is 4.29. The van der Waals surface area contributed by atoms with Crippen molar-refractivity contribution in [3.63, 3.8) is 0 Å². The molecule has 2 N–H and O–H groups in total. The number of benzene rings is 1. The normalized spacial score (nSPS) is 12.4. The number of nitrogens with one attached hydrogen (secondary N) is 1. The van der Waals surface area contributed by atoms with Crippen molar-refractivity contribution in [1.82, 2.24) is 10.5 Å². The molecule has 118 valence electrons. The number of nitrogens with zero attached hydrogens (tertiary/aromatic N) is 1. The highest BCUT2D eigenvalue weighted by atomic mass is 35.5. The molecule has 5 nitrogen and oxygen atoms in total. The van der Waals surface area contributed by atoms with E-state index in [1.54, 1.807) is 24.3 Å². The van der Waals surface area contributed by atoms with Crippen LogP contribution in [0.15, 0.2) is 34.9 Å². The van der Waals surface area contributed by atoms with Crippen LogP contribution in [0.1, 0.15) is 49.3 Å². The third-order valence-corrected chi connectivity index (χ3v) is 3.51. The van der Waals surface area contributed by atoms with Gasteiger partial charge in [-0.25, -0.2) is 0 Å². The summed E-state index contributed by atoms with van der Waals surface area (Å²) in [5.41, 5.74) is 1.51. The summed E-state index contributed by atoms with van der Waals surface area (Å²) in [5.74, 6) is 0.614. The molecule has 0 bridgehead atoms. The molecule has 1 amide bonds. The summed E-state index contributed by atoms with van der Waals surface area (Å²) >= 11 is 5.79. The molecular weight excluding hydrogens is 304 g/mol. The molecule has 0 saturated carbocycles. The van der Waals surface area contributed by atoms with Gasteiger partial charge in [0.05, 0.1) is 24.8 Å². The molecule has 0 spiro atoms. The van der Waals surface area contributed by atoms with E-state index in [4.69, 9.17) is 16.1 Å². The highest BCUT2D eigenvalue weighted by molar-refractivity contribution is 6.30. The Morgan fingerprint density at radius 2 is 2.05 bits per heavy atom. The molecule has 6 heteroatoms. The molecule has 1 atom stereocenters. The molecule has 22 heavy (non-hydrogen) atoms. The smallest absolute Gasteiger partial charge is 0.223 e. The molecule has 2 aromatic rings. The Balaban J connectivity index is 1.83. The van der Waals surface area contributed by atoms with Gasteiger partial charge in [0.2, 0.25) is 5.91 Å². The predicted molar refractivity (Wildman–Crippen MR) is 83.5 cm³/mol. The van der Waals surface area contributed by atoms with Crippen LogP contribution in [0.4, 0.5) is 0 Å². The molecule has 1 heterocycles. The first-order chi connectivity index (χ1) is 10.5. The Morgan fingerprint density at radius 1 is 1.36 bits per heavy atom. The van der Waals surface area contributed by atoms with Crippen LogP contribution in [0.3, 0.4) is 0 Å². The minimum atomic E-state index is -0.863. The molecule has 0 fully saturated rings. The van der Waals surface area contributed by atoms with Crippen LogP contribution in [-0.4, -0.2) is 16.2 Å². The number of rotatable bonds is 6. The quantitative estimate of drug-likeness (QED) is 0.856. The highest BCUT2D eigenvalue weighted by Gasteiger charge is 2.14. The molecule has 1 aromatic heterocycles. The van der Waals surface area contributed by atoms with Gasteiger partial charge in [-0.05, 0) is 23.6 Å². The number of aliphatic hydroxyl groups excluding tert-OH is 1. The predicted octanol–water partition coefficient (Wildman–Crippen LogP) is 3.19. The summed E-state index contributed by atoms with van der Waals surface area (Å²) in [6, 6.07) is 8.58. The van der Waals surface area contributed by atoms with Gasteiger partial charge in [-0.3, -0.25) is 4.79 Å². The minimum absolute atomic E-state index is 0.0210. The first-order valence-corrected chi connectivity index (χ1v) is 7.49. The standard InChI is InChI=1S/C16H19ClN2O3/c1-10(2)14-7-13(22-19-14)9-18-16(21)8-15(20)11-3-5-12(17)6-4-11/h3-7,10,15,20H,8-9H2,1-2H3,(H,18,21). The van der Waals surface area contributed by atoms with Gasteiger partial charge < -0.3 is 14.9 Å². The van der Waals surface area contributed by atoms with Crippen LogP contribution in [0.2, 0.25) is 5.02 Å². The van der Waals surface area contributed by atoms with Crippen LogP contribution >= 0.6 is 11.6 Å². The Kier molecular flexibility index (Phi) is 5.57. The molecule has 0 aliphatic carbocycles. The van der Waals surface area contributed by atoms with E-state index in [1.165, 1.54) is 0 Å². The van der Waals surface area contributed by atoms with Crippen molar-refractivity contribution >= 4 is 17.5 Å². The van der Waals surface area contributed by atoms with Crippen LogP contribution in [0.25, 0.3) is 0 Å². The van der Waals surface area contributed by atoms with E-state index in [9.17, 15) is 9.90 Å². The van der Waals surface area contributed by atoms with Gasteiger partial charge in [0.15, 0.2) is 5.76 Å². The zero-order valence-corrected chi connectivity index (χ0v) is 13.3. The number of carbonyl (C=O) groups is 1. The zero-order chi connectivity index (χ0) is 16.1. The van der Waals surface area contributed by atoms with E-state index in [0.29, 0.717) is 16.3 Å². The number of amides is 1. The third kappa shape index (κ3) is 4.58. The summed E-state index contributed by atoms with van der Waals surface area (Å²) in [5, 5.41) is 17.2. The van der Waals surface area contributed by atoms with Gasteiger partial charge in [0.25, 0.3) is 0 Å². The second-order valence-electron chi connectivity index (χ2n) is 5.42. The van der Waals surface area contributed by atoms with Crippen LogP contribution in [-0.2, 0) is 11.3 Å². The third-order valence-electron chi connectivity index (χ3n) is 3.26. The molecule has 1 unspecified atom stereocenters. The molecule has 2 rings (SSSR count). The van der Waals surface area contributed by atoms with Gasteiger partial charge in [-0.2, -0.15) is 0 Å². The minimum Gasteiger partial charge on any atom is -0.388 e. The van der Waals surface area contributed by atoms with Crippen molar-refractivity contribution in [3.8, 4) is 0 Å². The van der Waals surface area contributed by atoms with Crippen molar-refractivity contribution in [2.45, 2.75) is 38.8 Å². The summed E-state index contributed by atoms with van der Waals surface area (Å²) in [6.07, 6.45) is -0.884.